The number of aromatic nitrogens is 2. The van der Waals surface area contributed by atoms with Crippen molar-refractivity contribution < 1.29 is 4.74 Å². The second-order valence-electron chi connectivity index (χ2n) is 5.29. The highest BCUT2D eigenvalue weighted by Crippen LogP contribution is 2.34. The van der Waals surface area contributed by atoms with Gasteiger partial charge >= 0.3 is 0 Å². The van der Waals surface area contributed by atoms with Crippen LogP contribution in [0.5, 0.6) is 0 Å². The van der Waals surface area contributed by atoms with Crippen LogP contribution in [0.15, 0.2) is 12.5 Å². The molecular weight excluding hydrogens is 226 g/mol. The highest BCUT2D eigenvalue weighted by atomic mass is 16.5. The Labute approximate surface area is 110 Å². The Morgan fingerprint density at radius 2 is 2.28 bits per heavy atom. The van der Waals surface area contributed by atoms with E-state index in [9.17, 15) is 0 Å². The number of rotatable bonds is 6. The lowest BCUT2D eigenvalue weighted by Crippen LogP contribution is -2.25. The fourth-order valence-corrected chi connectivity index (χ4v) is 2.87. The average Bonchev–Trinajstić information content (AvgIpc) is 2.83. The van der Waals surface area contributed by atoms with E-state index in [1.165, 1.54) is 31.4 Å². The normalized spacial score (nSPS) is 24.3. The summed E-state index contributed by atoms with van der Waals surface area (Å²) in [5, 5.41) is 3.40. The first-order valence-corrected chi connectivity index (χ1v) is 7.03. The number of nitrogens with one attached hydrogen (secondary N) is 1. The molecule has 102 valence electrons. The van der Waals surface area contributed by atoms with Crippen LogP contribution in [0, 0.1) is 5.92 Å². The van der Waals surface area contributed by atoms with E-state index in [1.54, 1.807) is 7.11 Å². The SMILES string of the molecule is COCCNCc1cncn1C1CCCCC1C. The smallest absolute Gasteiger partial charge is 0.0951 e. The molecule has 1 aliphatic carbocycles. The van der Waals surface area contributed by atoms with E-state index in [1.807, 2.05) is 12.5 Å². The summed E-state index contributed by atoms with van der Waals surface area (Å²) in [6.07, 6.45) is 9.36. The lowest BCUT2D eigenvalue weighted by atomic mass is 9.85. The molecule has 4 heteroatoms. The molecule has 0 saturated heterocycles. The molecule has 1 heterocycles. The van der Waals surface area contributed by atoms with E-state index in [0.717, 1.165) is 25.6 Å². The van der Waals surface area contributed by atoms with Gasteiger partial charge in [0.15, 0.2) is 0 Å². The molecule has 1 aromatic heterocycles. The average molecular weight is 251 g/mol. The molecule has 1 aromatic rings. The highest BCUT2D eigenvalue weighted by Gasteiger charge is 2.23. The molecule has 4 nitrogen and oxygen atoms in total. The summed E-state index contributed by atoms with van der Waals surface area (Å²) in [6.45, 7) is 4.90. The summed E-state index contributed by atoms with van der Waals surface area (Å²) < 4.78 is 7.42. The van der Waals surface area contributed by atoms with Crippen LogP contribution in [0.25, 0.3) is 0 Å². The maximum absolute atomic E-state index is 5.04. The number of ether oxygens (including phenoxy) is 1. The van der Waals surface area contributed by atoms with E-state index < -0.39 is 0 Å². The van der Waals surface area contributed by atoms with E-state index in [4.69, 9.17) is 4.74 Å². The largest absolute Gasteiger partial charge is 0.383 e. The van der Waals surface area contributed by atoms with Crippen molar-refractivity contribution in [3.05, 3.63) is 18.2 Å². The molecule has 1 aliphatic rings. The Morgan fingerprint density at radius 3 is 3.06 bits per heavy atom. The summed E-state index contributed by atoms with van der Waals surface area (Å²) in [5.74, 6) is 0.769. The van der Waals surface area contributed by atoms with Gasteiger partial charge in [0, 0.05) is 32.4 Å². The van der Waals surface area contributed by atoms with E-state index in [-0.39, 0.29) is 0 Å². The van der Waals surface area contributed by atoms with Crippen LogP contribution >= 0.6 is 0 Å². The van der Waals surface area contributed by atoms with Crippen molar-refractivity contribution in [1.82, 2.24) is 14.9 Å². The predicted octanol–water partition coefficient (Wildman–Crippen LogP) is 2.37. The molecule has 0 aromatic carbocycles. The first-order valence-electron chi connectivity index (χ1n) is 7.03. The maximum Gasteiger partial charge on any atom is 0.0951 e. The van der Waals surface area contributed by atoms with Crippen molar-refractivity contribution in [2.75, 3.05) is 20.3 Å². The summed E-state index contributed by atoms with van der Waals surface area (Å²) >= 11 is 0. The number of imidazole rings is 1. The van der Waals surface area contributed by atoms with Gasteiger partial charge in [0.1, 0.15) is 0 Å². The minimum atomic E-state index is 0.639. The first-order chi connectivity index (χ1) is 8.83. The third-order valence-corrected chi connectivity index (χ3v) is 3.96. The monoisotopic (exact) mass is 251 g/mol. The van der Waals surface area contributed by atoms with E-state index in [0.29, 0.717) is 6.04 Å². The molecule has 1 fully saturated rings. The fourth-order valence-electron chi connectivity index (χ4n) is 2.87. The second-order valence-corrected chi connectivity index (χ2v) is 5.29. The molecule has 1 saturated carbocycles. The lowest BCUT2D eigenvalue weighted by Gasteiger charge is -2.31. The Hall–Kier alpha value is -0.870. The number of methoxy groups -OCH3 is 1. The molecular formula is C14H25N3O. The number of hydrogen-bond donors (Lipinski definition) is 1. The van der Waals surface area contributed by atoms with Crippen LogP contribution in [-0.2, 0) is 11.3 Å². The van der Waals surface area contributed by atoms with Crippen LogP contribution in [0.3, 0.4) is 0 Å². The Balaban J connectivity index is 1.93. The number of nitrogens with zero attached hydrogens (tertiary/aromatic N) is 2. The van der Waals surface area contributed by atoms with Gasteiger partial charge in [-0.25, -0.2) is 4.98 Å². The van der Waals surface area contributed by atoms with Crippen molar-refractivity contribution >= 4 is 0 Å². The summed E-state index contributed by atoms with van der Waals surface area (Å²) in [4.78, 5) is 4.32. The van der Waals surface area contributed by atoms with Crippen molar-refractivity contribution in [2.45, 2.75) is 45.2 Å². The molecule has 2 atom stereocenters. The van der Waals surface area contributed by atoms with Gasteiger partial charge < -0.3 is 14.6 Å². The Kier molecular flexibility index (Phi) is 5.20. The van der Waals surface area contributed by atoms with Gasteiger partial charge in [0.25, 0.3) is 0 Å². The van der Waals surface area contributed by atoms with Gasteiger partial charge in [-0.1, -0.05) is 19.8 Å². The van der Waals surface area contributed by atoms with E-state index in [2.05, 4.69) is 21.8 Å². The fraction of sp³-hybridized carbons (Fsp3) is 0.786. The van der Waals surface area contributed by atoms with Crippen molar-refractivity contribution in [3.8, 4) is 0 Å². The molecule has 0 spiro atoms. The third kappa shape index (κ3) is 3.33. The quantitative estimate of drug-likeness (QED) is 0.789. The van der Waals surface area contributed by atoms with Crippen LogP contribution in [0.1, 0.15) is 44.3 Å². The van der Waals surface area contributed by atoms with Crippen molar-refractivity contribution in [2.24, 2.45) is 5.92 Å². The van der Waals surface area contributed by atoms with Gasteiger partial charge in [0.05, 0.1) is 18.6 Å². The molecule has 2 rings (SSSR count). The van der Waals surface area contributed by atoms with Crippen LogP contribution < -0.4 is 5.32 Å². The van der Waals surface area contributed by atoms with Gasteiger partial charge in [-0.05, 0) is 18.8 Å². The maximum atomic E-state index is 5.04. The lowest BCUT2D eigenvalue weighted by molar-refractivity contribution is 0.198. The predicted molar refractivity (Wildman–Crippen MR) is 72.5 cm³/mol. The van der Waals surface area contributed by atoms with E-state index >= 15 is 0 Å². The van der Waals surface area contributed by atoms with Crippen LogP contribution in [0.2, 0.25) is 0 Å². The summed E-state index contributed by atoms with van der Waals surface area (Å²) in [7, 11) is 1.73. The summed E-state index contributed by atoms with van der Waals surface area (Å²) in [5.41, 5.74) is 1.30. The topological polar surface area (TPSA) is 39.1 Å². The molecule has 0 aliphatic heterocycles. The minimum Gasteiger partial charge on any atom is -0.383 e. The molecule has 0 bridgehead atoms. The molecule has 0 radical (unpaired) electrons. The first kappa shape index (κ1) is 13.6. The zero-order chi connectivity index (χ0) is 12.8. The standard InChI is InChI=1S/C14H25N3O/c1-12-5-3-4-6-14(12)17-11-16-10-13(17)9-15-7-8-18-2/h10-12,14-15H,3-9H2,1-2H3. The van der Waals surface area contributed by atoms with Gasteiger partial charge in [-0.15, -0.1) is 0 Å². The molecule has 2 unspecified atom stereocenters. The molecule has 18 heavy (non-hydrogen) atoms. The Morgan fingerprint density at radius 1 is 1.44 bits per heavy atom. The van der Waals surface area contributed by atoms with Crippen LogP contribution in [-0.4, -0.2) is 29.8 Å². The zero-order valence-electron chi connectivity index (χ0n) is 11.6. The van der Waals surface area contributed by atoms with Gasteiger partial charge in [-0.2, -0.15) is 0 Å². The van der Waals surface area contributed by atoms with Gasteiger partial charge in [-0.3, -0.25) is 0 Å². The van der Waals surface area contributed by atoms with Crippen molar-refractivity contribution in [3.63, 3.8) is 0 Å². The minimum absolute atomic E-state index is 0.639. The summed E-state index contributed by atoms with van der Waals surface area (Å²) in [6, 6.07) is 0.639. The Bertz CT molecular complexity index is 351. The number of hydrogen-bond acceptors (Lipinski definition) is 3. The molecule has 0 amide bonds. The van der Waals surface area contributed by atoms with Crippen molar-refractivity contribution in [1.29, 1.82) is 0 Å². The molecule has 1 N–H and O–H groups in total. The zero-order valence-corrected chi connectivity index (χ0v) is 11.6. The van der Waals surface area contributed by atoms with Crippen LogP contribution in [0.4, 0.5) is 0 Å². The van der Waals surface area contributed by atoms with Gasteiger partial charge in [0.2, 0.25) is 0 Å². The highest BCUT2D eigenvalue weighted by molar-refractivity contribution is 5.01. The third-order valence-electron chi connectivity index (χ3n) is 3.96. The second kappa shape index (κ2) is 6.90.